The summed E-state index contributed by atoms with van der Waals surface area (Å²) < 4.78 is 0. The summed E-state index contributed by atoms with van der Waals surface area (Å²) >= 11 is 5.53. The van der Waals surface area contributed by atoms with Gasteiger partial charge in [0.1, 0.15) is 24.2 Å². The second-order valence-electron chi connectivity index (χ2n) is 7.03. The van der Waals surface area contributed by atoms with E-state index >= 15 is 0 Å². The van der Waals surface area contributed by atoms with Gasteiger partial charge in [-0.05, 0) is 25.4 Å². The molecule has 12 nitrogen and oxygen atoms in total. The Hall–Kier alpha value is -2.29. The van der Waals surface area contributed by atoms with Crippen LogP contribution in [0.25, 0.3) is 0 Å². The topological polar surface area (TPSA) is 200 Å². The molecule has 5 atom stereocenters. The van der Waals surface area contributed by atoms with Crippen LogP contribution in [0, 0.1) is 0 Å². The van der Waals surface area contributed by atoms with Crippen LogP contribution >= 0.6 is 24.4 Å². The summed E-state index contributed by atoms with van der Waals surface area (Å²) in [7, 11) is 0. The lowest BCUT2D eigenvalue weighted by Crippen LogP contribution is -2.58. The van der Waals surface area contributed by atoms with Crippen molar-refractivity contribution in [2.75, 3.05) is 17.8 Å². The van der Waals surface area contributed by atoms with Gasteiger partial charge in [0.05, 0.1) is 12.4 Å². The lowest BCUT2D eigenvalue weighted by molar-refractivity contribution is -0.142. The van der Waals surface area contributed by atoms with E-state index in [0.29, 0.717) is 11.4 Å². The zero-order valence-corrected chi connectivity index (χ0v) is 19.5. The van der Waals surface area contributed by atoms with Crippen LogP contribution in [0.4, 0.5) is 0 Å². The fourth-order valence-electron chi connectivity index (χ4n) is 2.55. The zero-order chi connectivity index (χ0) is 24.3. The molecule has 14 heteroatoms. The largest absolute Gasteiger partial charge is 0.480 e. The maximum absolute atomic E-state index is 12.7. The van der Waals surface area contributed by atoms with Crippen LogP contribution in [0.15, 0.2) is 12.5 Å². The number of rotatable bonds is 14. The average Bonchev–Trinajstić information content (AvgIpc) is 3.26. The number of hydrogen-bond donors (Lipinski definition) is 8. The maximum Gasteiger partial charge on any atom is 0.326 e. The van der Waals surface area contributed by atoms with Crippen LogP contribution in [0.5, 0.6) is 0 Å². The Morgan fingerprint density at radius 3 is 2.25 bits per heavy atom. The van der Waals surface area contributed by atoms with Crippen molar-refractivity contribution >= 4 is 48.1 Å². The number of hydrogen-bond acceptors (Lipinski definition) is 9. The van der Waals surface area contributed by atoms with Crippen LogP contribution in [0.1, 0.15) is 19.0 Å². The van der Waals surface area contributed by atoms with E-state index in [0.717, 1.165) is 0 Å². The highest BCUT2D eigenvalue weighted by Crippen LogP contribution is 2.05. The van der Waals surface area contributed by atoms with Gasteiger partial charge in [-0.1, -0.05) is 0 Å². The molecule has 0 radical (unpaired) electrons. The molecule has 0 spiro atoms. The van der Waals surface area contributed by atoms with Crippen LogP contribution in [0.2, 0.25) is 0 Å². The van der Waals surface area contributed by atoms with Crippen LogP contribution in [0.3, 0.4) is 0 Å². The van der Waals surface area contributed by atoms with E-state index in [1.807, 2.05) is 6.26 Å². The fraction of sp³-hybridized carbons (Fsp3) is 0.611. The number of aliphatic carboxylic acids is 1. The summed E-state index contributed by atoms with van der Waals surface area (Å²) in [6.07, 6.45) is 3.77. The summed E-state index contributed by atoms with van der Waals surface area (Å²) in [6.45, 7) is 1.35. The number of H-pyrrole nitrogens is 1. The summed E-state index contributed by atoms with van der Waals surface area (Å²) in [6, 6.07) is -4.62. The molecular weight excluding hydrogens is 460 g/mol. The van der Waals surface area contributed by atoms with Crippen molar-refractivity contribution < 1.29 is 29.4 Å². The van der Waals surface area contributed by atoms with E-state index in [9.17, 15) is 29.4 Å². The highest BCUT2D eigenvalue weighted by atomic mass is 32.2. The number of thioether (sulfide) groups is 1. The number of carboxylic acid groups (broad SMARTS) is 1. The number of aliphatic hydroxyl groups is 1. The highest BCUT2D eigenvalue weighted by molar-refractivity contribution is 7.98. The van der Waals surface area contributed by atoms with Gasteiger partial charge in [-0.2, -0.15) is 24.4 Å². The molecule has 0 aliphatic heterocycles. The van der Waals surface area contributed by atoms with Crippen LogP contribution in [-0.2, 0) is 25.6 Å². The lowest BCUT2D eigenvalue weighted by atomic mass is 10.1. The van der Waals surface area contributed by atoms with Crippen molar-refractivity contribution in [2.45, 2.75) is 50.0 Å². The molecule has 1 heterocycles. The van der Waals surface area contributed by atoms with Crippen LogP contribution < -0.4 is 21.7 Å². The van der Waals surface area contributed by atoms with Crippen molar-refractivity contribution in [3.05, 3.63) is 18.2 Å². The predicted molar refractivity (Wildman–Crippen MR) is 122 cm³/mol. The molecule has 0 saturated carbocycles. The normalized spacial score (nSPS) is 15.7. The fourth-order valence-corrected chi connectivity index (χ4v) is 3.28. The summed E-state index contributed by atoms with van der Waals surface area (Å²) in [5.41, 5.74) is 6.13. The molecule has 0 aromatic carbocycles. The van der Waals surface area contributed by atoms with Crippen molar-refractivity contribution in [2.24, 2.45) is 5.73 Å². The highest BCUT2D eigenvalue weighted by Gasteiger charge is 2.30. The SMILES string of the molecule is CSCCC(NC(=O)C(N)C(C)O)C(=O)NC(CS)C(=O)NC(Cc1cnc[nH]1)C(=O)O. The third-order valence-electron chi connectivity index (χ3n) is 4.48. The van der Waals surface area contributed by atoms with E-state index in [1.54, 1.807) is 0 Å². The Labute approximate surface area is 195 Å². The van der Waals surface area contributed by atoms with Gasteiger partial charge in [0, 0.05) is 24.1 Å². The molecule has 1 aromatic rings. The van der Waals surface area contributed by atoms with Crippen molar-refractivity contribution in [1.29, 1.82) is 0 Å². The molecule has 3 amide bonds. The monoisotopic (exact) mass is 490 g/mol. The average molecular weight is 491 g/mol. The van der Waals surface area contributed by atoms with Crippen molar-refractivity contribution in [3.63, 3.8) is 0 Å². The Balaban J connectivity index is 2.82. The molecule has 0 saturated heterocycles. The van der Waals surface area contributed by atoms with E-state index in [2.05, 4.69) is 38.5 Å². The van der Waals surface area contributed by atoms with Gasteiger partial charge in [0.25, 0.3) is 0 Å². The number of carbonyl (C=O) groups is 4. The van der Waals surface area contributed by atoms with E-state index < -0.39 is 54.0 Å². The third-order valence-corrected chi connectivity index (χ3v) is 5.48. The quantitative estimate of drug-likeness (QED) is 0.134. The Kier molecular flexibility index (Phi) is 12.1. The molecule has 0 fully saturated rings. The van der Waals surface area contributed by atoms with Gasteiger partial charge >= 0.3 is 5.97 Å². The number of aromatic nitrogens is 2. The molecule has 1 aromatic heterocycles. The van der Waals surface area contributed by atoms with Gasteiger partial charge < -0.3 is 36.9 Å². The number of imidazole rings is 1. The van der Waals surface area contributed by atoms with Crippen LogP contribution in [-0.4, -0.2) is 91.9 Å². The summed E-state index contributed by atoms with van der Waals surface area (Å²) in [5, 5.41) is 26.2. The van der Waals surface area contributed by atoms with E-state index in [-0.39, 0.29) is 18.6 Å². The molecular formula is C18H30N6O6S2. The maximum atomic E-state index is 12.7. The Morgan fingerprint density at radius 1 is 1.16 bits per heavy atom. The number of aliphatic hydroxyl groups excluding tert-OH is 1. The van der Waals surface area contributed by atoms with Gasteiger partial charge in [-0.3, -0.25) is 14.4 Å². The van der Waals surface area contributed by atoms with Gasteiger partial charge in [0.2, 0.25) is 17.7 Å². The van der Waals surface area contributed by atoms with Crippen molar-refractivity contribution in [1.82, 2.24) is 25.9 Å². The van der Waals surface area contributed by atoms with Gasteiger partial charge in [-0.15, -0.1) is 0 Å². The third kappa shape index (κ3) is 9.06. The molecule has 180 valence electrons. The van der Waals surface area contributed by atoms with Crippen molar-refractivity contribution in [3.8, 4) is 0 Å². The number of aromatic amines is 1. The minimum atomic E-state index is -1.26. The number of carbonyl (C=O) groups excluding carboxylic acids is 3. The first-order valence-corrected chi connectivity index (χ1v) is 11.8. The minimum absolute atomic E-state index is 0.0298. The second kappa shape index (κ2) is 14.0. The van der Waals surface area contributed by atoms with Gasteiger partial charge in [0.15, 0.2) is 0 Å². The predicted octanol–water partition coefficient (Wildman–Crippen LogP) is -2.12. The number of nitrogens with one attached hydrogen (secondary N) is 4. The smallest absolute Gasteiger partial charge is 0.326 e. The number of nitrogens with two attached hydrogens (primary N) is 1. The van der Waals surface area contributed by atoms with Gasteiger partial charge in [-0.25, -0.2) is 9.78 Å². The Morgan fingerprint density at radius 2 is 1.75 bits per heavy atom. The standard InChI is InChI=1S/C18H30N6O6S2/c1-9(25)14(19)17(28)22-11(3-4-32-2)15(26)24-13(7-31)16(27)23-12(18(29)30)5-10-6-20-8-21-10/h6,8-9,11-14,25,31H,3-5,7,19H2,1-2H3,(H,20,21)(H,22,28)(H,23,27)(H,24,26)(H,29,30). The molecule has 8 N–H and O–H groups in total. The number of carboxylic acids is 1. The number of thiol groups is 1. The molecule has 0 bridgehead atoms. The molecule has 0 aliphatic carbocycles. The number of amides is 3. The summed E-state index contributed by atoms with van der Waals surface area (Å²) in [5.74, 6) is -2.93. The Bertz CT molecular complexity index is 763. The summed E-state index contributed by atoms with van der Waals surface area (Å²) in [4.78, 5) is 55.6. The first kappa shape index (κ1) is 27.7. The first-order chi connectivity index (χ1) is 15.1. The van der Waals surface area contributed by atoms with E-state index in [1.165, 1.54) is 31.2 Å². The molecule has 1 rings (SSSR count). The first-order valence-electron chi connectivity index (χ1n) is 9.75. The lowest BCUT2D eigenvalue weighted by Gasteiger charge is -2.24. The minimum Gasteiger partial charge on any atom is -0.480 e. The van der Waals surface area contributed by atoms with E-state index in [4.69, 9.17) is 5.73 Å². The molecule has 5 unspecified atom stereocenters. The molecule has 0 aliphatic rings. The zero-order valence-electron chi connectivity index (χ0n) is 17.8. The molecule has 32 heavy (non-hydrogen) atoms. The second-order valence-corrected chi connectivity index (χ2v) is 8.38. The number of nitrogens with zero attached hydrogens (tertiary/aromatic N) is 1.